The Bertz CT molecular complexity index is 484. The smallest absolute Gasteiger partial charge is 0.319 e. The Morgan fingerprint density at radius 2 is 1.94 bits per heavy atom. The molecule has 0 bridgehead atoms. The summed E-state index contributed by atoms with van der Waals surface area (Å²) in [5.74, 6) is 0. The van der Waals surface area contributed by atoms with E-state index in [0.717, 1.165) is 17.8 Å². The Balaban J connectivity index is 0.00000162. The molecule has 5 heteroatoms. The third-order valence-corrected chi connectivity index (χ3v) is 2.32. The van der Waals surface area contributed by atoms with Crippen molar-refractivity contribution in [3.63, 3.8) is 0 Å². The van der Waals surface area contributed by atoms with Gasteiger partial charge in [-0.05, 0) is 12.1 Å². The van der Waals surface area contributed by atoms with Crippen molar-refractivity contribution in [1.29, 1.82) is 0 Å². The number of rotatable bonds is 1. The van der Waals surface area contributed by atoms with Gasteiger partial charge in [0, 0.05) is 27.3 Å². The van der Waals surface area contributed by atoms with Crippen LogP contribution in [-0.4, -0.2) is 4.98 Å². The number of hydrogen-bond acceptors (Lipinski definition) is 1. The summed E-state index contributed by atoms with van der Waals surface area (Å²) >= 11 is 0. The first-order chi connectivity index (χ1) is 8.07. The minimum atomic E-state index is -4.34. The van der Waals surface area contributed by atoms with Crippen LogP contribution in [0.3, 0.4) is 0 Å². The van der Waals surface area contributed by atoms with Crippen LogP contribution in [-0.2, 0) is 27.2 Å². The van der Waals surface area contributed by atoms with E-state index in [1.54, 1.807) is 6.08 Å². The Hall–Kier alpha value is -1.15. The Labute approximate surface area is 117 Å². The summed E-state index contributed by atoms with van der Waals surface area (Å²) in [7, 11) is 0. The molecule has 0 unspecified atom stereocenters. The minimum Gasteiger partial charge on any atom is -0.319 e. The van der Waals surface area contributed by atoms with Gasteiger partial charge in [0.1, 0.15) is 0 Å². The number of alkyl halides is 3. The van der Waals surface area contributed by atoms with Gasteiger partial charge < -0.3 is 4.98 Å². The fourth-order valence-electron chi connectivity index (χ4n) is 1.45. The minimum absolute atomic E-state index is 0. The summed E-state index contributed by atoms with van der Waals surface area (Å²) in [4.78, 5) is 3.82. The van der Waals surface area contributed by atoms with Gasteiger partial charge in [0.05, 0.1) is 5.56 Å². The van der Waals surface area contributed by atoms with E-state index in [4.69, 9.17) is 0 Å². The summed E-state index contributed by atoms with van der Waals surface area (Å²) in [5.41, 5.74) is 0.569. The number of pyridine rings is 1. The van der Waals surface area contributed by atoms with Gasteiger partial charge in [-0.1, -0.05) is 18.2 Å². The van der Waals surface area contributed by atoms with Crippen LogP contribution < -0.4 is 0 Å². The summed E-state index contributed by atoms with van der Waals surface area (Å²) < 4.78 is 37.0. The topological polar surface area (TPSA) is 12.9 Å². The molecule has 0 spiro atoms. The van der Waals surface area contributed by atoms with Crippen molar-refractivity contribution < 1.29 is 34.2 Å². The first-order valence-electron chi connectivity index (χ1n) is 5.05. The number of allylic oxidation sites excluding steroid dienone is 6. The Morgan fingerprint density at radius 1 is 1.17 bits per heavy atom. The Kier molecular flexibility index (Phi) is 5.09. The van der Waals surface area contributed by atoms with Crippen LogP contribution in [0.15, 0.2) is 42.6 Å². The van der Waals surface area contributed by atoms with Crippen LogP contribution in [0, 0.1) is 6.08 Å². The van der Waals surface area contributed by atoms with Gasteiger partial charge in [-0.2, -0.15) is 31.4 Å². The second-order valence-corrected chi connectivity index (χ2v) is 3.54. The van der Waals surface area contributed by atoms with Gasteiger partial charge in [-0.15, -0.1) is 11.6 Å². The molecule has 0 amide bonds. The molecule has 1 nitrogen and oxygen atoms in total. The Morgan fingerprint density at radius 3 is 2.56 bits per heavy atom. The molecule has 1 aromatic rings. The van der Waals surface area contributed by atoms with E-state index >= 15 is 0 Å². The van der Waals surface area contributed by atoms with Crippen LogP contribution in [0.25, 0.3) is 5.57 Å². The molecule has 0 N–H and O–H groups in total. The number of hydrogen-bond donors (Lipinski definition) is 0. The van der Waals surface area contributed by atoms with Gasteiger partial charge in [-0.25, -0.2) is 0 Å². The monoisotopic (exact) mass is 431 g/mol. The van der Waals surface area contributed by atoms with E-state index in [-0.39, 0.29) is 21.1 Å². The maximum absolute atomic E-state index is 12.3. The summed E-state index contributed by atoms with van der Waals surface area (Å²) in [6, 6.07) is 2.41. The molecule has 18 heavy (non-hydrogen) atoms. The van der Waals surface area contributed by atoms with E-state index in [1.165, 1.54) is 6.07 Å². The molecule has 1 heterocycles. The molecule has 0 fully saturated rings. The summed E-state index contributed by atoms with van der Waals surface area (Å²) in [6.45, 7) is 0. The van der Waals surface area contributed by atoms with Crippen LogP contribution >= 0.6 is 0 Å². The number of nitrogens with zero attached hydrogens (tertiary/aromatic N) is 1. The van der Waals surface area contributed by atoms with Crippen molar-refractivity contribution in [2.45, 2.75) is 12.6 Å². The molecule has 2 rings (SSSR count). The predicted molar refractivity (Wildman–Crippen MR) is 58.8 cm³/mol. The standard InChI is InChI=1S/C13H9F3N.Pt/c14-13(15,16)11-7-8-12(17-9-11)10-5-3-1-2-4-6-10;/h1-4,7-9H,5H2;/q-1;. The average Bonchev–Trinajstić information content (AvgIpc) is 2.56. The zero-order chi connectivity index (χ0) is 12.3. The van der Waals surface area contributed by atoms with E-state index in [1.807, 2.05) is 18.2 Å². The molecule has 1 aliphatic carbocycles. The second-order valence-electron chi connectivity index (χ2n) is 3.54. The van der Waals surface area contributed by atoms with Crippen LogP contribution in [0.1, 0.15) is 17.7 Å². The van der Waals surface area contributed by atoms with Crippen molar-refractivity contribution in [2.75, 3.05) is 0 Å². The van der Waals surface area contributed by atoms with Crippen molar-refractivity contribution >= 4 is 5.57 Å². The SMILES string of the molecule is FC(F)(F)c1ccc(C2=[C-]C=CC=CC2)nc1.[Pt]. The van der Waals surface area contributed by atoms with Gasteiger partial charge in [0.25, 0.3) is 0 Å². The van der Waals surface area contributed by atoms with E-state index in [2.05, 4.69) is 11.1 Å². The first-order valence-corrected chi connectivity index (χ1v) is 5.05. The molecule has 98 valence electrons. The molecule has 1 aromatic heterocycles. The molecule has 0 aliphatic heterocycles. The van der Waals surface area contributed by atoms with Gasteiger partial charge in [0.15, 0.2) is 0 Å². The van der Waals surface area contributed by atoms with Gasteiger partial charge in [0.2, 0.25) is 0 Å². The first kappa shape index (κ1) is 14.9. The largest absolute Gasteiger partial charge is 0.417 e. The molecule has 0 radical (unpaired) electrons. The quantitative estimate of drug-likeness (QED) is 0.617. The van der Waals surface area contributed by atoms with E-state index < -0.39 is 11.7 Å². The fourth-order valence-corrected chi connectivity index (χ4v) is 1.45. The predicted octanol–water partition coefficient (Wildman–Crippen LogP) is 3.80. The molecule has 0 saturated heterocycles. The third kappa shape index (κ3) is 3.67. The van der Waals surface area contributed by atoms with Crippen molar-refractivity contribution in [3.05, 3.63) is 60.0 Å². The third-order valence-electron chi connectivity index (χ3n) is 2.32. The van der Waals surface area contributed by atoms with E-state index in [9.17, 15) is 13.2 Å². The summed E-state index contributed by atoms with van der Waals surface area (Å²) in [6.07, 6.45) is 7.42. The van der Waals surface area contributed by atoms with Crippen molar-refractivity contribution in [1.82, 2.24) is 4.98 Å². The van der Waals surface area contributed by atoms with E-state index in [0.29, 0.717) is 12.1 Å². The van der Waals surface area contributed by atoms with Crippen molar-refractivity contribution in [3.8, 4) is 0 Å². The van der Waals surface area contributed by atoms with Crippen LogP contribution in [0.5, 0.6) is 0 Å². The fraction of sp³-hybridized carbons (Fsp3) is 0.154. The molecule has 1 aliphatic rings. The van der Waals surface area contributed by atoms with Gasteiger partial charge in [-0.3, -0.25) is 0 Å². The number of halogens is 3. The van der Waals surface area contributed by atoms with Crippen LogP contribution in [0.2, 0.25) is 0 Å². The normalized spacial score (nSPS) is 14.7. The van der Waals surface area contributed by atoms with Crippen LogP contribution in [0.4, 0.5) is 13.2 Å². The zero-order valence-electron chi connectivity index (χ0n) is 9.15. The average molecular weight is 431 g/mol. The number of aromatic nitrogens is 1. The molecule has 0 saturated carbocycles. The summed E-state index contributed by atoms with van der Waals surface area (Å²) in [5, 5.41) is 0. The van der Waals surface area contributed by atoms with Crippen molar-refractivity contribution in [2.24, 2.45) is 0 Å². The molecule has 0 aromatic carbocycles. The molecule has 0 atom stereocenters. The molecular formula is C13H9F3NPt-. The molecular weight excluding hydrogens is 422 g/mol. The maximum Gasteiger partial charge on any atom is 0.417 e. The maximum atomic E-state index is 12.3. The zero-order valence-corrected chi connectivity index (χ0v) is 11.4. The second kappa shape index (κ2) is 6.14. The van der Waals surface area contributed by atoms with Gasteiger partial charge >= 0.3 is 6.18 Å².